The van der Waals surface area contributed by atoms with E-state index < -0.39 is 0 Å². The van der Waals surface area contributed by atoms with E-state index in [-0.39, 0.29) is 0 Å². The maximum absolute atomic E-state index is 11.4. The summed E-state index contributed by atoms with van der Waals surface area (Å²) in [5, 5.41) is 10.2. The van der Waals surface area contributed by atoms with Gasteiger partial charge in [0.25, 0.3) is 0 Å². The Morgan fingerprint density at radius 1 is 1.29 bits per heavy atom. The standard InChI is InChI=1S/C19H20N4O/c1-2-16-14(6-5-7-17(16)18(21)9-10-20)12-15(13-24)23-19-8-3-4-11-22-19/h3-13,20H,2,21H2,1H3,(H,22,23)/b15-12+,18-9?,20-10?. The molecule has 0 saturated carbocycles. The van der Waals surface area contributed by atoms with Crippen LogP contribution in [0.2, 0.25) is 0 Å². The van der Waals surface area contributed by atoms with E-state index in [0.29, 0.717) is 17.2 Å². The number of carbonyl (C=O) groups is 1. The minimum absolute atomic E-state index is 0.412. The van der Waals surface area contributed by atoms with Crippen LogP contribution in [-0.2, 0) is 11.2 Å². The minimum atomic E-state index is 0.412. The van der Waals surface area contributed by atoms with Crippen LogP contribution in [-0.4, -0.2) is 17.5 Å². The first kappa shape index (κ1) is 17.1. The van der Waals surface area contributed by atoms with Crippen molar-refractivity contribution < 1.29 is 4.79 Å². The molecule has 2 rings (SSSR count). The summed E-state index contributed by atoms with van der Waals surface area (Å²) in [6.07, 6.45) is 7.67. The molecule has 0 unspecified atom stereocenters. The zero-order chi connectivity index (χ0) is 17.4. The number of hydrogen-bond acceptors (Lipinski definition) is 5. The summed E-state index contributed by atoms with van der Waals surface area (Å²) in [7, 11) is 0. The van der Waals surface area contributed by atoms with Crippen molar-refractivity contribution in [3.05, 3.63) is 71.1 Å². The highest BCUT2D eigenvalue weighted by Gasteiger charge is 2.08. The van der Waals surface area contributed by atoms with E-state index in [2.05, 4.69) is 10.3 Å². The maximum Gasteiger partial charge on any atom is 0.166 e. The number of allylic oxidation sites excluding steroid dienone is 2. The van der Waals surface area contributed by atoms with E-state index in [4.69, 9.17) is 11.1 Å². The van der Waals surface area contributed by atoms with Crippen LogP contribution in [0.4, 0.5) is 5.82 Å². The number of anilines is 1. The molecule has 122 valence electrons. The van der Waals surface area contributed by atoms with Gasteiger partial charge >= 0.3 is 0 Å². The number of carbonyl (C=O) groups excluding carboxylic acids is 1. The summed E-state index contributed by atoms with van der Waals surface area (Å²) < 4.78 is 0. The van der Waals surface area contributed by atoms with Crippen molar-refractivity contribution in [2.24, 2.45) is 5.73 Å². The van der Waals surface area contributed by atoms with Crippen molar-refractivity contribution >= 4 is 30.1 Å². The summed E-state index contributed by atoms with van der Waals surface area (Å²) >= 11 is 0. The molecular weight excluding hydrogens is 300 g/mol. The first-order valence-electron chi connectivity index (χ1n) is 7.63. The zero-order valence-corrected chi connectivity index (χ0v) is 13.5. The number of nitrogens with zero attached hydrogens (tertiary/aromatic N) is 1. The highest BCUT2D eigenvalue weighted by molar-refractivity contribution is 5.88. The molecule has 5 heteroatoms. The van der Waals surface area contributed by atoms with Gasteiger partial charge in [-0.05, 0) is 41.8 Å². The van der Waals surface area contributed by atoms with Crippen LogP contribution in [0.15, 0.2) is 54.4 Å². The molecule has 4 N–H and O–H groups in total. The lowest BCUT2D eigenvalue weighted by atomic mass is 9.96. The topological polar surface area (TPSA) is 91.9 Å². The Morgan fingerprint density at radius 3 is 2.75 bits per heavy atom. The van der Waals surface area contributed by atoms with E-state index in [1.165, 1.54) is 0 Å². The fourth-order valence-corrected chi connectivity index (χ4v) is 2.44. The number of aldehydes is 1. The number of benzene rings is 1. The monoisotopic (exact) mass is 320 g/mol. The van der Waals surface area contributed by atoms with Crippen molar-refractivity contribution in [1.82, 2.24) is 4.98 Å². The summed E-state index contributed by atoms with van der Waals surface area (Å²) in [6, 6.07) is 11.2. The molecule has 0 aliphatic heterocycles. The largest absolute Gasteiger partial charge is 0.398 e. The summed E-state index contributed by atoms with van der Waals surface area (Å²) in [4.78, 5) is 15.6. The van der Waals surface area contributed by atoms with Crippen molar-refractivity contribution in [2.75, 3.05) is 5.32 Å². The first-order chi connectivity index (χ1) is 11.7. The second-order valence-electron chi connectivity index (χ2n) is 5.07. The molecule has 1 aromatic carbocycles. The molecule has 0 atom stereocenters. The van der Waals surface area contributed by atoms with Crippen LogP contribution >= 0.6 is 0 Å². The third-order valence-electron chi connectivity index (χ3n) is 3.51. The lowest BCUT2D eigenvalue weighted by Gasteiger charge is -2.12. The second-order valence-corrected chi connectivity index (χ2v) is 5.07. The van der Waals surface area contributed by atoms with Crippen LogP contribution in [0.25, 0.3) is 11.8 Å². The van der Waals surface area contributed by atoms with Crippen LogP contribution < -0.4 is 11.1 Å². The van der Waals surface area contributed by atoms with E-state index in [0.717, 1.165) is 35.6 Å². The van der Waals surface area contributed by atoms with Gasteiger partial charge in [-0.1, -0.05) is 31.2 Å². The molecule has 5 nitrogen and oxygen atoms in total. The van der Waals surface area contributed by atoms with Crippen LogP contribution in [0.5, 0.6) is 0 Å². The number of nitrogens with one attached hydrogen (secondary N) is 2. The first-order valence-corrected chi connectivity index (χ1v) is 7.63. The Bertz CT molecular complexity index is 779. The van der Waals surface area contributed by atoms with Gasteiger partial charge in [0.05, 0.1) is 5.70 Å². The molecule has 0 bridgehead atoms. The molecule has 1 heterocycles. The summed E-state index contributed by atoms with van der Waals surface area (Å²) in [5.41, 5.74) is 9.77. The van der Waals surface area contributed by atoms with E-state index in [1.54, 1.807) is 24.4 Å². The third-order valence-corrected chi connectivity index (χ3v) is 3.51. The van der Waals surface area contributed by atoms with Gasteiger partial charge in [-0.15, -0.1) is 0 Å². The van der Waals surface area contributed by atoms with Gasteiger partial charge in [0.2, 0.25) is 0 Å². The van der Waals surface area contributed by atoms with E-state index >= 15 is 0 Å². The molecule has 0 amide bonds. The smallest absolute Gasteiger partial charge is 0.166 e. The normalized spacial score (nSPS) is 11.9. The Balaban J connectivity index is 2.43. The predicted molar refractivity (Wildman–Crippen MR) is 98.7 cm³/mol. The predicted octanol–water partition coefficient (Wildman–Crippen LogP) is 3.25. The number of nitrogens with two attached hydrogens (primary N) is 1. The van der Waals surface area contributed by atoms with Crippen LogP contribution in [0.1, 0.15) is 23.6 Å². The Morgan fingerprint density at radius 2 is 2.12 bits per heavy atom. The number of aromatic nitrogens is 1. The SMILES string of the molecule is CCc1c(/C=C(\C=O)Nc2ccccn2)cccc1C(N)=CC=N. The molecule has 0 fully saturated rings. The Labute approximate surface area is 141 Å². The van der Waals surface area contributed by atoms with Crippen LogP contribution in [0.3, 0.4) is 0 Å². The quantitative estimate of drug-likeness (QED) is 0.415. The summed E-state index contributed by atoms with van der Waals surface area (Å²) in [5.74, 6) is 0.605. The van der Waals surface area contributed by atoms with Crippen molar-refractivity contribution in [1.29, 1.82) is 5.41 Å². The lowest BCUT2D eigenvalue weighted by Crippen LogP contribution is -2.05. The molecule has 1 aromatic heterocycles. The van der Waals surface area contributed by atoms with Gasteiger partial charge in [0.1, 0.15) is 5.82 Å². The van der Waals surface area contributed by atoms with E-state index in [1.807, 2.05) is 37.3 Å². The zero-order valence-electron chi connectivity index (χ0n) is 13.5. The maximum atomic E-state index is 11.4. The molecule has 0 spiro atoms. The van der Waals surface area contributed by atoms with Crippen molar-refractivity contribution in [2.45, 2.75) is 13.3 Å². The average molecular weight is 320 g/mol. The number of hydrogen-bond donors (Lipinski definition) is 3. The molecular formula is C19H20N4O. The second kappa shape index (κ2) is 8.43. The number of pyridine rings is 1. The highest BCUT2D eigenvalue weighted by atomic mass is 16.1. The molecule has 0 saturated heterocycles. The molecule has 0 aliphatic rings. The van der Waals surface area contributed by atoms with Gasteiger partial charge in [0.15, 0.2) is 6.29 Å². The molecule has 24 heavy (non-hydrogen) atoms. The Hall–Kier alpha value is -3.21. The molecule has 2 aromatic rings. The third kappa shape index (κ3) is 4.16. The van der Waals surface area contributed by atoms with Gasteiger partial charge in [-0.2, -0.15) is 0 Å². The Kier molecular flexibility index (Phi) is 6.02. The van der Waals surface area contributed by atoms with Gasteiger partial charge in [-0.3, -0.25) is 4.79 Å². The molecule has 0 aliphatic carbocycles. The van der Waals surface area contributed by atoms with Crippen molar-refractivity contribution in [3.8, 4) is 0 Å². The minimum Gasteiger partial charge on any atom is -0.398 e. The fraction of sp³-hybridized carbons (Fsp3) is 0.105. The molecule has 0 radical (unpaired) electrons. The average Bonchev–Trinajstić information content (AvgIpc) is 2.62. The summed E-state index contributed by atoms with van der Waals surface area (Å²) in [6.45, 7) is 2.03. The lowest BCUT2D eigenvalue weighted by molar-refractivity contribution is -0.104. The number of rotatable bonds is 7. The van der Waals surface area contributed by atoms with E-state index in [9.17, 15) is 4.79 Å². The fourth-order valence-electron chi connectivity index (χ4n) is 2.44. The highest BCUT2D eigenvalue weighted by Crippen LogP contribution is 2.22. The van der Waals surface area contributed by atoms with Gasteiger partial charge < -0.3 is 16.5 Å². The van der Waals surface area contributed by atoms with Gasteiger partial charge in [-0.25, -0.2) is 4.98 Å². The van der Waals surface area contributed by atoms with Gasteiger partial charge in [0, 0.05) is 23.7 Å². The van der Waals surface area contributed by atoms with Crippen LogP contribution in [0, 0.1) is 5.41 Å². The van der Waals surface area contributed by atoms with Crippen molar-refractivity contribution in [3.63, 3.8) is 0 Å².